The molecule has 0 radical (unpaired) electrons. The molecule has 8 nitrogen and oxygen atoms in total. The minimum atomic E-state index is -1.59. The molecule has 2 aliphatic heterocycles. The lowest BCUT2D eigenvalue weighted by Gasteiger charge is -2.36. The summed E-state index contributed by atoms with van der Waals surface area (Å²) in [6.45, 7) is 2.62. The highest BCUT2D eigenvalue weighted by Gasteiger charge is 2.26. The van der Waals surface area contributed by atoms with Crippen molar-refractivity contribution in [2.45, 2.75) is 19.3 Å². The van der Waals surface area contributed by atoms with E-state index in [1.54, 1.807) is 10.9 Å². The molecule has 1 amide bonds. The Morgan fingerprint density at radius 1 is 1.19 bits per heavy atom. The van der Waals surface area contributed by atoms with Gasteiger partial charge in [0.25, 0.3) is 5.91 Å². The summed E-state index contributed by atoms with van der Waals surface area (Å²) in [4.78, 5) is 18.6. The molecule has 0 bridgehead atoms. The monoisotopic (exact) mass is 435 g/mol. The second-order valence-electron chi connectivity index (χ2n) is 8.18. The maximum Gasteiger partial charge on any atom is 0.258 e. The summed E-state index contributed by atoms with van der Waals surface area (Å²) in [7, 11) is -1.59. The molecule has 1 aliphatic carbocycles. The quantitative estimate of drug-likeness (QED) is 0.678. The molecule has 158 valence electrons. The maximum absolute atomic E-state index is 12.1. The van der Waals surface area contributed by atoms with Crippen molar-refractivity contribution in [2.24, 2.45) is 5.92 Å². The lowest BCUT2D eigenvalue weighted by Crippen LogP contribution is -2.38. The predicted molar refractivity (Wildman–Crippen MR) is 119 cm³/mol. The number of pyridine rings is 1. The van der Waals surface area contributed by atoms with E-state index in [0.717, 1.165) is 52.6 Å². The van der Waals surface area contributed by atoms with Gasteiger partial charge >= 0.3 is 0 Å². The SMILES string of the molecule is O=C1C=C(n2ncc3cc(-c4cnc5c(c4)OCCN5CC4CCC4)ccc32)S(=O)N1. The van der Waals surface area contributed by atoms with Crippen LogP contribution in [-0.2, 0) is 15.8 Å². The van der Waals surface area contributed by atoms with Crippen LogP contribution >= 0.6 is 0 Å². The van der Waals surface area contributed by atoms with Crippen LogP contribution in [-0.4, -0.2) is 44.6 Å². The highest BCUT2D eigenvalue weighted by atomic mass is 32.2. The molecule has 3 aliphatic rings. The fraction of sp³-hybridized carbons (Fsp3) is 0.318. The molecule has 1 unspecified atom stereocenters. The number of hydrogen-bond donors (Lipinski definition) is 1. The topological polar surface area (TPSA) is 89.4 Å². The number of rotatable bonds is 4. The number of carbonyl (C=O) groups is 1. The van der Waals surface area contributed by atoms with Crippen LogP contribution in [0.25, 0.3) is 27.1 Å². The number of amides is 1. The minimum absolute atomic E-state index is 0.336. The molecule has 9 heteroatoms. The second-order valence-corrected chi connectivity index (χ2v) is 9.34. The van der Waals surface area contributed by atoms with Crippen molar-refractivity contribution >= 4 is 38.6 Å². The van der Waals surface area contributed by atoms with Crippen LogP contribution in [0.5, 0.6) is 5.75 Å². The van der Waals surface area contributed by atoms with E-state index in [1.807, 2.05) is 24.4 Å². The molecule has 31 heavy (non-hydrogen) atoms. The number of anilines is 1. The molecule has 1 aromatic carbocycles. The fourth-order valence-corrected chi connectivity index (χ4v) is 5.20. The zero-order chi connectivity index (χ0) is 20.9. The number of benzene rings is 1. The molecule has 0 spiro atoms. The van der Waals surface area contributed by atoms with E-state index in [0.29, 0.717) is 11.6 Å². The van der Waals surface area contributed by atoms with Gasteiger partial charge in [-0.05, 0) is 42.5 Å². The first-order valence-corrected chi connectivity index (χ1v) is 11.6. The van der Waals surface area contributed by atoms with Gasteiger partial charge in [-0.2, -0.15) is 5.10 Å². The molecule has 6 rings (SSSR count). The van der Waals surface area contributed by atoms with E-state index in [9.17, 15) is 9.00 Å². The smallest absolute Gasteiger partial charge is 0.258 e. The number of ether oxygens (including phenoxy) is 1. The van der Waals surface area contributed by atoms with Gasteiger partial charge in [0, 0.05) is 29.8 Å². The second kappa shape index (κ2) is 7.19. The molecule has 3 aromatic rings. The number of carbonyl (C=O) groups excluding carboxylic acids is 1. The average molecular weight is 436 g/mol. The van der Waals surface area contributed by atoms with Crippen molar-refractivity contribution in [1.82, 2.24) is 19.5 Å². The Bertz CT molecular complexity index is 1260. The van der Waals surface area contributed by atoms with Crippen molar-refractivity contribution < 1.29 is 13.7 Å². The van der Waals surface area contributed by atoms with E-state index >= 15 is 0 Å². The highest BCUT2D eigenvalue weighted by molar-refractivity contribution is 7.93. The van der Waals surface area contributed by atoms with Crippen molar-refractivity contribution in [1.29, 1.82) is 0 Å². The molecule has 1 fully saturated rings. The Balaban J connectivity index is 1.32. The van der Waals surface area contributed by atoms with Gasteiger partial charge in [0.15, 0.2) is 27.6 Å². The highest BCUT2D eigenvalue weighted by Crippen LogP contribution is 2.36. The van der Waals surface area contributed by atoms with Gasteiger partial charge in [0.1, 0.15) is 6.61 Å². The molecule has 4 heterocycles. The van der Waals surface area contributed by atoms with E-state index in [-0.39, 0.29) is 5.91 Å². The van der Waals surface area contributed by atoms with Crippen LogP contribution < -0.4 is 14.4 Å². The first-order valence-electron chi connectivity index (χ1n) is 10.5. The molecule has 2 aromatic heterocycles. The Kier molecular flexibility index (Phi) is 4.31. The van der Waals surface area contributed by atoms with Gasteiger partial charge in [-0.25, -0.2) is 13.9 Å². The molecule has 1 saturated carbocycles. The molecule has 1 N–H and O–H groups in total. The van der Waals surface area contributed by atoms with Crippen LogP contribution in [0.3, 0.4) is 0 Å². The number of fused-ring (bicyclic) bond motifs is 2. The zero-order valence-electron chi connectivity index (χ0n) is 16.8. The minimum Gasteiger partial charge on any atom is -0.488 e. The van der Waals surface area contributed by atoms with Crippen molar-refractivity contribution in [3.05, 3.63) is 42.7 Å². The van der Waals surface area contributed by atoms with Crippen LogP contribution in [0, 0.1) is 5.92 Å². The van der Waals surface area contributed by atoms with Crippen molar-refractivity contribution in [2.75, 3.05) is 24.6 Å². The van der Waals surface area contributed by atoms with Crippen LogP contribution in [0.15, 0.2) is 42.7 Å². The summed E-state index contributed by atoms with van der Waals surface area (Å²) in [6, 6.07) is 7.97. The number of nitrogens with one attached hydrogen (secondary N) is 1. The van der Waals surface area contributed by atoms with Crippen LogP contribution in [0.1, 0.15) is 19.3 Å². The zero-order valence-corrected chi connectivity index (χ0v) is 17.6. The average Bonchev–Trinajstić information content (AvgIpc) is 3.31. The lowest BCUT2D eigenvalue weighted by atomic mass is 9.85. The van der Waals surface area contributed by atoms with Gasteiger partial charge < -0.3 is 9.64 Å². The summed E-state index contributed by atoms with van der Waals surface area (Å²) in [5, 5.41) is 5.56. The third kappa shape index (κ3) is 3.20. The van der Waals surface area contributed by atoms with Gasteiger partial charge in [-0.15, -0.1) is 0 Å². The van der Waals surface area contributed by atoms with Gasteiger partial charge in [-0.3, -0.25) is 9.52 Å². The first kappa shape index (κ1) is 18.6. The summed E-state index contributed by atoms with van der Waals surface area (Å²) >= 11 is 0. The molecule has 0 saturated heterocycles. The van der Waals surface area contributed by atoms with E-state index < -0.39 is 11.0 Å². The van der Waals surface area contributed by atoms with Crippen LogP contribution in [0.4, 0.5) is 5.82 Å². The third-order valence-corrected chi connectivity index (χ3v) is 7.26. The van der Waals surface area contributed by atoms with Gasteiger partial charge in [-0.1, -0.05) is 12.5 Å². The standard InChI is InChI=1S/C22H21N5O3S/c28-20-10-21(31(29)25-20)27-18-5-4-15(8-17(18)12-24-27)16-9-19-22(23-11-16)26(6-7-30-19)13-14-2-1-3-14/h4-5,8-12,14H,1-3,6-7,13H2,(H,25,28). The van der Waals surface area contributed by atoms with Gasteiger partial charge in [0.05, 0.1) is 18.3 Å². The maximum atomic E-state index is 12.1. The van der Waals surface area contributed by atoms with E-state index in [2.05, 4.69) is 20.8 Å². The number of nitrogens with zero attached hydrogens (tertiary/aromatic N) is 4. The van der Waals surface area contributed by atoms with Crippen LogP contribution in [0.2, 0.25) is 0 Å². The van der Waals surface area contributed by atoms with E-state index in [1.165, 1.54) is 25.3 Å². The van der Waals surface area contributed by atoms with E-state index in [4.69, 9.17) is 9.72 Å². The molecular weight excluding hydrogens is 414 g/mol. The summed E-state index contributed by atoms with van der Waals surface area (Å²) < 4.78 is 21.9. The first-order chi connectivity index (χ1) is 15.2. The lowest BCUT2D eigenvalue weighted by molar-refractivity contribution is -0.114. The summed E-state index contributed by atoms with van der Waals surface area (Å²) in [6.07, 6.45) is 8.89. The number of aromatic nitrogens is 3. The normalized spacial score (nSPS) is 20.8. The Morgan fingerprint density at radius 2 is 2.10 bits per heavy atom. The predicted octanol–water partition coefficient (Wildman–Crippen LogP) is 2.69. The fourth-order valence-electron chi connectivity index (χ4n) is 4.34. The third-order valence-electron chi connectivity index (χ3n) is 6.20. The summed E-state index contributed by atoms with van der Waals surface area (Å²) in [5.74, 6) is 2.17. The van der Waals surface area contributed by atoms with Crippen molar-refractivity contribution in [3.8, 4) is 16.9 Å². The Morgan fingerprint density at radius 3 is 2.87 bits per heavy atom. The molecule has 1 atom stereocenters. The number of hydrogen-bond acceptors (Lipinski definition) is 6. The Hall–Kier alpha value is -3.20. The van der Waals surface area contributed by atoms with Crippen molar-refractivity contribution in [3.63, 3.8) is 0 Å². The van der Waals surface area contributed by atoms with Gasteiger partial charge in [0.2, 0.25) is 0 Å². The molecular formula is C22H21N5O3S. The summed E-state index contributed by atoms with van der Waals surface area (Å²) in [5.41, 5.74) is 2.76. The Labute approximate surface area is 181 Å². The largest absolute Gasteiger partial charge is 0.488 e.